The number of H-pyrrole nitrogens is 1. The highest BCUT2D eigenvalue weighted by molar-refractivity contribution is 6.01. The Labute approximate surface area is 174 Å². The van der Waals surface area contributed by atoms with Crippen LogP contribution >= 0.6 is 0 Å². The summed E-state index contributed by atoms with van der Waals surface area (Å²) >= 11 is 0. The molecule has 1 saturated carbocycles. The number of carbonyl (C=O) groups is 1. The zero-order valence-corrected chi connectivity index (χ0v) is 16.9. The van der Waals surface area contributed by atoms with Crippen LogP contribution in [-0.2, 0) is 11.2 Å². The summed E-state index contributed by atoms with van der Waals surface area (Å²) in [4.78, 5) is 27.1. The van der Waals surface area contributed by atoms with E-state index in [1.165, 1.54) is 0 Å². The van der Waals surface area contributed by atoms with Crippen molar-refractivity contribution in [2.45, 2.75) is 57.1 Å². The number of pyridine rings is 1. The van der Waals surface area contributed by atoms with Crippen molar-refractivity contribution in [3.8, 4) is 6.07 Å². The fourth-order valence-electron chi connectivity index (χ4n) is 5.11. The number of hydrogen-bond acceptors (Lipinski definition) is 5. The van der Waals surface area contributed by atoms with E-state index in [4.69, 9.17) is 10.2 Å². The van der Waals surface area contributed by atoms with Crippen LogP contribution in [0, 0.1) is 17.2 Å². The lowest BCUT2D eigenvalue weighted by atomic mass is 9.84. The summed E-state index contributed by atoms with van der Waals surface area (Å²) < 4.78 is 2.26. The summed E-state index contributed by atoms with van der Waals surface area (Å²) in [5, 5.41) is 19.9. The largest absolute Gasteiger partial charge is 0.391 e. The molecule has 1 amide bonds. The molecule has 0 unspecified atom stereocenters. The monoisotopic (exact) mass is 406 g/mol. The van der Waals surface area contributed by atoms with E-state index in [9.17, 15) is 9.90 Å². The van der Waals surface area contributed by atoms with E-state index in [0.717, 1.165) is 53.6 Å². The Kier molecular flexibility index (Phi) is 4.91. The predicted molar refractivity (Wildman–Crippen MR) is 112 cm³/mol. The molecular weight excluding hydrogens is 380 g/mol. The van der Waals surface area contributed by atoms with Crippen LogP contribution < -0.4 is 0 Å². The van der Waals surface area contributed by atoms with Crippen LogP contribution in [0.3, 0.4) is 0 Å². The van der Waals surface area contributed by atoms with Crippen molar-refractivity contribution in [3.05, 3.63) is 24.3 Å². The lowest BCUT2D eigenvalue weighted by Crippen LogP contribution is -2.32. The molecule has 1 saturated heterocycles. The molecule has 5 rings (SSSR count). The number of β-amino-alcohol motifs (C(OH)–C–C–N with tert-alkyl or cyclic N) is 1. The fraction of sp³-hybridized carbons (Fsp3) is 0.545. The maximum atomic E-state index is 12.9. The first-order valence-corrected chi connectivity index (χ1v) is 10.8. The maximum Gasteiger partial charge on any atom is 0.230 e. The Hall–Kier alpha value is -2.92. The minimum atomic E-state index is -0.424. The van der Waals surface area contributed by atoms with E-state index in [1.807, 2.05) is 12.3 Å². The molecule has 0 bridgehead atoms. The Morgan fingerprint density at radius 3 is 2.87 bits per heavy atom. The standard InChI is InChI=1S/C22H26N6O2/c23-8-5-14-1-3-15(4-2-14)28-19(11-20(30)27-10-7-16(29)13-27)26-18-12-25-22-17(21(18)28)6-9-24-22/h6,9,12,14-16,29H,1-5,7,10-11,13H2,(H,24,25)/t14?,15?,16-/m1/s1. The van der Waals surface area contributed by atoms with E-state index in [1.54, 1.807) is 11.1 Å². The number of likely N-dealkylation sites (tertiary alicyclic amines) is 1. The molecule has 0 spiro atoms. The molecule has 2 fully saturated rings. The smallest absolute Gasteiger partial charge is 0.230 e. The molecule has 1 aliphatic carbocycles. The minimum absolute atomic E-state index is 0.0135. The number of nitriles is 1. The second-order valence-electron chi connectivity index (χ2n) is 8.63. The van der Waals surface area contributed by atoms with E-state index in [2.05, 4.69) is 20.6 Å². The van der Waals surface area contributed by atoms with Gasteiger partial charge in [-0.05, 0) is 44.1 Å². The highest BCUT2D eigenvalue weighted by Crippen LogP contribution is 2.38. The summed E-state index contributed by atoms with van der Waals surface area (Å²) in [6.07, 6.45) is 8.72. The van der Waals surface area contributed by atoms with Crippen LogP contribution in [0.25, 0.3) is 22.1 Å². The van der Waals surface area contributed by atoms with Gasteiger partial charge >= 0.3 is 0 Å². The molecule has 2 aliphatic rings. The second kappa shape index (κ2) is 7.73. The van der Waals surface area contributed by atoms with Gasteiger partial charge in [0.1, 0.15) is 17.0 Å². The Morgan fingerprint density at radius 1 is 1.30 bits per heavy atom. The quantitative estimate of drug-likeness (QED) is 0.692. The zero-order chi connectivity index (χ0) is 20.7. The average molecular weight is 406 g/mol. The van der Waals surface area contributed by atoms with Crippen molar-refractivity contribution >= 4 is 28.0 Å². The SMILES string of the molecule is N#CCC1CCC(n2c(CC(=O)N3CC[C@@H](O)C3)nc3cnc4[nH]ccc4c32)CC1. The molecule has 0 aromatic carbocycles. The summed E-state index contributed by atoms with van der Waals surface area (Å²) in [6, 6.07) is 4.59. The second-order valence-corrected chi connectivity index (χ2v) is 8.63. The number of nitrogens with zero attached hydrogens (tertiary/aromatic N) is 5. The molecule has 1 atom stereocenters. The van der Waals surface area contributed by atoms with Gasteiger partial charge in [0.2, 0.25) is 5.91 Å². The number of aromatic amines is 1. The Balaban J connectivity index is 1.52. The van der Waals surface area contributed by atoms with Crippen LogP contribution in [0.4, 0.5) is 0 Å². The maximum absolute atomic E-state index is 12.9. The van der Waals surface area contributed by atoms with Crippen molar-refractivity contribution in [1.29, 1.82) is 5.26 Å². The summed E-state index contributed by atoms with van der Waals surface area (Å²) in [7, 11) is 0. The summed E-state index contributed by atoms with van der Waals surface area (Å²) in [5.41, 5.74) is 2.67. The Morgan fingerprint density at radius 2 is 2.13 bits per heavy atom. The number of aliphatic hydroxyl groups is 1. The van der Waals surface area contributed by atoms with Crippen molar-refractivity contribution in [3.63, 3.8) is 0 Å². The van der Waals surface area contributed by atoms with E-state index < -0.39 is 6.10 Å². The molecule has 0 radical (unpaired) electrons. The third-order valence-electron chi connectivity index (χ3n) is 6.69. The zero-order valence-electron chi connectivity index (χ0n) is 16.9. The first-order valence-electron chi connectivity index (χ1n) is 10.8. The average Bonchev–Trinajstić information content (AvgIpc) is 3.46. The van der Waals surface area contributed by atoms with Gasteiger partial charge in [-0.25, -0.2) is 9.97 Å². The van der Waals surface area contributed by atoms with Crippen molar-refractivity contribution in [1.82, 2.24) is 24.4 Å². The van der Waals surface area contributed by atoms with Crippen LogP contribution in [0.5, 0.6) is 0 Å². The van der Waals surface area contributed by atoms with E-state index in [-0.39, 0.29) is 18.4 Å². The number of imidazole rings is 1. The minimum Gasteiger partial charge on any atom is -0.391 e. The number of rotatable bonds is 4. The van der Waals surface area contributed by atoms with Crippen molar-refractivity contribution in [2.75, 3.05) is 13.1 Å². The van der Waals surface area contributed by atoms with Gasteiger partial charge in [-0.1, -0.05) is 0 Å². The molecule has 8 heteroatoms. The van der Waals surface area contributed by atoms with Gasteiger partial charge in [0.15, 0.2) is 0 Å². The predicted octanol–water partition coefficient (Wildman–Crippen LogP) is 2.69. The molecule has 8 nitrogen and oxygen atoms in total. The lowest BCUT2D eigenvalue weighted by molar-refractivity contribution is -0.129. The number of aliphatic hydroxyl groups excluding tert-OH is 1. The van der Waals surface area contributed by atoms with Crippen molar-refractivity contribution < 1.29 is 9.90 Å². The summed E-state index contributed by atoms with van der Waals surface area (Å²) in [5.74, 6) is 1.25. The van der Waals surface area contributed by atoms with Gasteiger partial charge in [0.05, 0.1) is 30.3 Å². The highest BCUT2D eigenvalue weighted by Gasteiger charge is 2.30. The number of aromatic nitrogens is 4. The molecule has 1 aliphatic heterocycles. The van der Waals surface area contributed by atoms with Crippen LogP contribution in [0.1, 0.15) is 50.4 Å². The Bertz CT molecular complexity index is 1120. The highest BCUT2D eigenvalue weighted by atomic mass is 16.3. The molecule has 4 heterocycles. The van der Waals surface area contributed by atoms with Gasteiger partial charge < -0.3 is 19.6 Å². The molecule has 2 N–H and O–H groups in total. The third-order valence-corrected chi connectivity index (χ3v) is 6.69. The summed E-state index contributed by atoms with van der Waals surface area (Å²) in [6.45, 7) is 1.01. The van der Waals surface area contributed by atoms with Gasteiger partial charge in [0, 0.05) is 37.1 Å². The molecule has 156 valence electrons. The van der Waals surface area contributed by atoms with Crippen LogP contribution in [0.15, 0.2) is 18.5 Å². The number of carbonyl (C=O) groups excluding carboxylic acids is 1. The molecular formula is C22H26N6O2. The first-order chi connectivity index (χ1) is 14.6. The third kappa shape index (κ3) is 3.33. The van der Waals surface area contributed by atoms with Crippen LogP contribution in [-0.4, -0.2) is 54.6 Å². The van der Waals surface area contributed by atoms with E-state index in [0.29, 0.717) is 31.8 Å². The van der Waals surface area contributed by atoms with Gasteiger partial charge in [-0.2, -0.15) is 5.26 Å². The normalized spacial score (nSPS) is 24.5. The molecule has 3 aromatic rings. The van der Waals surface area contributed by atoms with E-state index >= 15 is 0 Å². The van der Waals surface area contributed by atoms with Gasteiger partial charge in [-0.3, -0.25) is 4.79 Å². The number of fused-ring (bicyclic) bond motifs is 3. The molecule has 30 heavy (non-hydrogen) atoms. The van der Waals surface area contributed by atoms with Crippen LogP contribution in [0.2, 0.25) is 0 Å². The number of nitrogens with one attached hydrogen (secondary N) is 1. The molecule has 3 aromatic heterocycles. The first kappa shape index (κ1) is 19.1. The van der Waals surface area contributed by atoms with Crippen molar-refractivity contribution in [2.24, 2.45) is 5.92 Å². The lowest BCUT2D eigenvalue weighted by Gasteiger charge is -2.30. The number of amides is 1. The fourth-order valence-corrected chi connectivity index (χ4v) is 5.11. The topological polar surface area (TPSA) is 111 Å². The van der Waals surface area contributed by atoms with Gasteiger partial charge in [0.25, 0.3) is 0 Å². The number of hydrogen-bond donors (Lipinski definition) is 2. The van der Waals surface area contributed by atoms with Gasteiger partial charge in [-0.15, -0.1) is 0 Å².